The van der Waals surface area contributed by atoms with E-state index in [-0.39, 0.29) is 5.41 Å². The summed E-state index contributed by atoms with van der Waals surface area (Å²) in [7, 11) is 6.34. The molecule has 0 radical (unpaired) electrons. The first kappa shape index (κ1) is 18.1. The SMILES string of the molecule is CCCN(CCN(C)C)CC(C)(CNC)c1ccccc1. The van der Waals surface area contributed by atoms with Crippen molar-refractivity contribution in [2.75, 3.05) is 53.9 Å². The van der Waals surface area contributed by atoms with Gasteiger partial charge >= 0.3 is 0 Å². The molecule has 0 saturated carbocycles. The quantitative estimate of drug-likeness (QED) is 0.714. The number of hydrogen-bond donors (Lipinski definition) is 1. The third-order valence-electron chi connectivity index (χ3n) is 4.01. The van der Waals surface area contributed by atoms with Crippen molar-refractivity contribution in [2.45, 2.75) is 25.7 Å². The molecule has 1 rings (SSSR count). The van der Waals surface area contributed by atoms with Gasteiger partial charge in [0.25, 0.3) is 0 Å². The zero-order chi connectivity index (χ0) is 15.7. The molecule has 0 saturated heterocycles. The van der Waals surface area contributed by atoms with E-state index in [9.17, 15) is 0 Å². The zero-order valence-electron chi connectivity index (χ0n) is 14.5. The molecular formula is C18H33N3. The zero-order valence-corrected chi connectivity index (χ0v) is 14.5. The third-order valence-corrected chi connectivity index (χ3v) is 4.01. The van der Waals surface area contributed by atoms with Gasteiger partial charge in [0.2, 0.25) is 0 Å². The van der Waals surface area contributed by atoms with Gasteiger partial charge in [-0.05, 0) is 39.7 Å². The van der Waals surface area contributed by atoms with Gasteiger partial charge in [-0.3, -0.25) is 0 Å². The van der Waals surface area contributed by atoms with E-state index >= 15 is 0 Å². The molecule has 0 aliphatic carbocycles. The summed E-state index contributed by atoms with van der Waals surface area (Å²) in [6, 6.07) is 10.9. The molecule has 0 bridgehead atoms. The molecule has 0 aliphatic rings. The Morgan fingerprint density at radius 3 is 2.24 bits per heavy atom. The number of nitrogens with zero attached hydrogens (tertiary/aromatic N) is 2. The fraction of sp³-hybridized carbons (Fsp3) is 0.667. The minimum Gasteiger partial charge on any atom is -0.319 e. The first-order chi connectivity index (χ1) is 10.0. The van der Waals surface area contributed by atoms with E-state index in [1.807, 2.05) is 7.05 Å². The van der Waals surface area contributed by atoms with Crippen LogP contribution < -0.4 is 5.32 Å². The molecule has 1 atom stereocenters. The lowest BCUT2D eigenvalue weighted by atomic mass is 9.81. The molecular weight excluding hydrogens is 258 g/mol. The van der Waals surface area contributed by atoms with Gasteiger partial charge in [-0.1, -0.05) is 44.2 Å². The van der Waals surface area contributed by atoms with Gasteiger partial charge in [0.1, 0.15) is 0 Å². The molecule has 21 heavy (non-hydrogen) atoms. The average molecular weight is 291 g/mol. The van der Waals surface area contributed by atoms with Crippen LogP contribution in [0.5, 0.6) is 0 Å². The standard InChI is InChI=1S/C18H33N3/c1-6-12-21(14-13-20(4)5)16-18(2,15-19-3)17-10-8-7-9-11-17/h7-11,19H,6,12-16H2,1-5H3. The summed E-state index contributed by atoms with van der Waals surface area (Å²) in [6.07, 6.45) is 1.21. The predicted molar refractivity (Wildman–Crippen MR) is 93.0 cm³/mol. The van der Waals surface area contributed by atoms with Gasteiger partial charge in [0.05, 0.1) is 0 Å². The van der Waals surface area contributed by atoms with Crippen molar-refractivity contribution in [3.8, 4) is 0 Å². The Labute approximate surface area is 131 Å². The van der Waals surface area contributed by atoms with Gasteiger partial charge in [0.15, 0.2) is 0 Å². The molecule has 0 fully saturated rings. The van der Waals surface area contributed by atoms with E-state index in [1.165, 1.54) is 18.5 Å². The van der Waals surface area contributed by atoms with Gasteiger partial charge in [0, 0.05) is 31.6 Å². The lowest BCUT2D eigenvalue weighted by Gasteiger charge is -2.36. The lowest BCUT2D eigenvalue weighted by Crippen LogP contribution is -2.46. The number of rotatable bonds is 10. The summed E-state index contributed by atoms with van der Waals surface area (Å²) in [4.78, 5) is 4.87. The maximum atomic E-state index is 3.38. The topological polar surface area (TPSA) is 18.5 Å². The normalized spacial score (nSPS) is 14.6. The third kappa shape index (κ3) is 6.16. The van der Waals surface area contributed by atoms with Crippen LogP contribution in [0, 0.1) is 0 Å². The highest BCUT2D eigenvalue weighted by atomic mass is 15.2. The van der Waals surface area contributed by atoms with E-state index in [1.54, 1.807) is 0 Å². The van der Waals surface area contributed by atoms with Crippen LogP contribution in [0.15, 0.2) is 30.3 Å². The van der Waals surface area contributed by atoms with Gasteiger partial charge < -0.3 is 15.1 Å². The van der Waals surface area contributed by atoms with Crippen molar-refractivity contribution in [2.24, 2.45) is 0 Å². The molecule has 3 nitrogen and oxygen atoms in total. The molecule has 0 spiro atoms. The van der Waals surface area contributed by atoms with Crippen molar-refractivity contribution >= 4 is 0 Å². The molecule has 120 valence electrons. The summed E-state index contributed by atoms with van der Waals surface area (Å²) < 4.78 is 0. The number of likely N-dealkylation sites (N-methyl/N-ethyl adjacent to an activating group) is 2. The van der Waals surface area contributed by atoms with E-state index in [0.717, 1.165) is 26.2 Å². The fourth-order valence-corrected chi connectivity index (χ4v) is 2.90. The van der Waals surface area contributed by atoms with Crippen molar-refractivity contribution in [1.82, 2.24) is 15.1 Å². The molecule has 0 aliphatic heterocycles. The Hall–Kier alpha value is -0.900. The van der Waals surface area contributed by atoms with Crippen LogP contribution in [0.25, 0.3) is 0 Å². The predicted octanol–water partition coefficient (Wildman–Crippen LogP) is 2.44. The van der Waals surface area contributed by atoms with E-state index in [4.69, 9.17) is 0 Å². The van der Waals surface area contributed by atoms with Crippen LogP contribution in [0.4, 0.5) is 0 Å². The van der Waals surface area contributed by atoms with Crippen LogP contribution in [-0.4, -0.2) is 63.7 Å². The van der Waals surface area contributed by atoms with E-state index in [2.05, 4.69) is 73.4 Å². The Balaban J connectivity index is 2.82. The van der Waals surface area contributed by atoms with Crippen LogP contribution >= 0.6 is 0 Å². The average Bonchev–Trinajstić information content (AvgIpc) is 2.46. The Bertz CT molecular complexity index is 377. The fourth-order valence-electron chi connectivity index (χ4n) is 2.90. The second-order valence-electron chi connectivity index (χ2n) is 6.54. The Morgan fingerprint density at radius 2 is 1.71 bits per heavy atom. The van der Waals surface area contributed by atoms with Crippen LogP contribution in [-0.2, 0) is 5.41 Å². The first-order valence-electron chi connectivity index (χ1n) is 8.09. The molecule has 1 unspecified atom stereocenters. The molecule has 1 aromatic carbocycles. The van der Waals surface area contributed by atoms with Crippen molar-refractivity contribution in [3.05, 3.63) is 35.9 Å². The minimum absolute atomic E-state index is 0.150. The highest BCUT2D eigenvalue weighted by Gasteiger charge is 2.28. The maximum Gasteiger partial charge on any atom is 0.0176 e. The minimum atomic E-state index is 0.150. The van der Waals surface area contributed by atoms with Crippen LogP contribution in [0.3, 0.4) is 0 Å². The first-order valence-corrected chi connectivity index (χ1v) is 8.09. The summed E-state index contributed by atoms with van der Waals surface area (Å²) >= 11 is 0. The van der Waals surface area contributed by atoms with E-state index in [0.29, 0.717) is 0 Å². The molecule has 0 heterocycles. The largest absolute Gasteiger partial charge is 0.319 e. The van der Waals surface area contributed by atoms with Crippen molar-refractivity contribution < 1.29 is 0 Å². The molecule has 1 N–H and O–H groups in total. The van der Waals surface area contributed by atoms with Gasteiger partial charge in [-0.25, -0.2) is 0 Å². The summed E-state index contributed by atoms with van der Waals surface area (Å²) in [5.74, 6) is 0. The highest BCUT2D eigenvalue weighted by molar-refractivity contribution is 5.25. The van der Waals surface area contributed by atoms with Crippen molar-refractivity contribution in [1.29, 1.82) is 0 Å². The molecule has 1 aromatic rings. The van der Waals surface area contributed by atoms with E-state index < -0.39 is 0 Å². The summed E-state index contributed by atoms with van der Waals surface area (Å²) in [5.41, 5.74) is 1.57. The van der Waals surface area contributed by atoms with Crippen molar-refractivity contribution in [3.63, 3.8) is 0 Å². The van der Waals surface area contributed by atoms with Crippen LogP contribution in [0.1, 0.15) is 25.8 Å². The monoisotopic (exact) mass is 291 g/mol. The highest BCUT2D eigenvalue weighted by Crippen LogP contribution is 2.24. The summed E-state index contributed by atoms with van der Waals surface area (Å²) in [6.45, 7) is 10.1. The number of benzene rings is 1. The van der Waals surface area contributed by atoms with Crippen LogP contribution in [0.2, 0.25) is 0 Å². The Morgan fingerprint density at radius 1 is 1.05 bits per heavy atom. The summed E-state index contributed by atoms with van der Waals surface area (Å²) in [5, 5.41) is 3.38. The number of nitrogens with one attached hydrogen (secondary N) is 1. The second-order valence-corrected chi connectivity index (χ2v) is 6.54. The maximum absolute atomic E-state index is 3.38. The van der Waals surface area contributed by atoms with Gasteiger partial charge in [-0.2, -0.15) is 0 Å². The molecule has 0 aromatic heterocycles. The molecule has 0 amide bonds. The lowest BCUT2D eigenvalue weighted by molar-refractivity contribution is 0.194. The Kier molecular flexibility index (Phi) is 7.94. The van der Waals surface area contributed by atoms with Gasteiger partial charge in [-0.15, -0.1) is 0 Å². The smallest absolute Gasteiger partial charge is 0.0176 e. The molecule has 3 heteroatoms. The number of hydrogen-bond acceptors (Lipinski definition) is 3. The second kappa shape index (κ2) is 9.19.